The predicted octanol–water partition coefficient (Wildman–Crippen LogP) is 1.51. The number of carbonyl (C=O) groups excluding carboxylic acids is 4. The van der Waals surface area contributed by atoms with Crippen LogP contribution in [0.3, 0.4) is 0 Å². The topological polar surface area (TPSA) is 108 Å². The average Bonchev–Trinajstić information content (AvgIpc) is 3.51. The van der Waals surface area contributed by atoms with E-state index in [1.165, 1.54) is 22.3 Å². The third-order valence-corrected chi connectivity index (χ3v) is 7.29. The normalized spacial score (nSPS) is 21.9. The second kappa shape index (κ2) is 10.0. The molecule has 0 saturated carbocycles. The second-order valence-corrected chi connectivity index (χ2v) is 9.83. The zero-order valence-corrected chi connectivity index (χ0v) is 19.9. The van der Waals surface area contributed by atoms with Crippen LogP contribution in [0.25, 0.3) is 6.08 Å². The first-order valence-corrected chi connectivity index (χ1v) is 12.5. The third-order valence-electron chi connectivity index (χ3n) is 6.42. The fraction of sp³-hybridized carbons (Fsp3) is 0.360. The molecule has 2 atom stereocenters. The summed E-state index contributed by atoms with van der Waals surface area (Å²) in [6.45, 7) is 2.43. The van der Waals surface area contributed by atoms with E-state index in [0.717, 1.165) is 4.88 Å². The third kappa shape index (κ3) is 5.13. The molecule has 2 fully saturated rings. The van der Waals surface area contributed by atoms with Crippen molar-refractivity contribution in [2.75, 3.05) is 38.2 Å². The fourth-order valence-electron chi connectivity index (χ4n) is 4.64. The van der Waals surface area contributed by atoms with Crippen LogP contribution in [0, 0.1) is 0 Å². The highest BCUT2D eigenvalue weighted by atomic mass is 32.1. The van der Waals surface area contributed by atoms with E-state index in [4.69, 9.17) is 4.74 Å². The number of ether oxygens (including phenoxy) is 1. The summed E-state index contributed by atoms with van der Waals surface area (Å²) in [5.74, 6) is -0.768. The second-order valence-electron chi connectivity index (χ2n) is 8.79. The highest BCUT2D eigenvalue weighted by molar-refractivity contribution is 7.10. The van der Waals surface area contributed by atoms with Gasteiger partial charge in [-0.25, -0.2) is 0 Å². The molecular formula is C25H26N4O5S. The number of hydrogen-bond acceptors (Lipinski definition) is 6. The summed E-state index contributed by atoms with van der Waals surface area (Å²) in [6.07, 6.45) is 3.81. The van der Waals surface area contributed by atoms with Crippen molar-refractivity contribution in [3.63, 3.8) is 0 Å². The molecule has 4 heterocycles. The van der Waals surface area contributed by atoms with Crippen molar-refractivity contribution in [3.05, 3.63) is 57.8 Å². The summed E-state index contributed by atoms with van der Waals surface area (Å²) in [6, 6.07) is 8.00. The molecule has 0 bridgehead atoms. The van der Waals surface area contributed by atoms with Crippen LogP contribution in [-0.2, 0) is 25.5 Å². The summed E-state index contributed by atoms with van der Waals surface area (Å²) in [5, 5.41) is 7.74. The maximum atomic E-state index is 13.4. The molecule has 3 aliphatic heterocycles. The van der Waals surface area contributed by atoms with E-state index < -0.39 is 6.04 Å². The number of anilines is 1. The molecule has 1 aromatic carbocycles. The lowest BCUT2D eigenvalue weighted by atomic mass is 10.1. The van der Waals surface area contributed by atoms with Gasteiger partial charge in [-0.2, -0.15) is 0 Å². The zero-order chi connectivity index (χ0) is 24.4. The Morgan fingerprint density at radius 1 is 1.20 bits per heavy atom. The Morgan fingerprint density at radius 3 is 2.80 bits per heavy atom. The Labute approximate surface area is 206 Å². The van der Waals surface area contributed by atoms with E-state index >= 15 is 0 Å². The minimum Gasteiger partial charge on any atom is -0.378 e. The molecule has 0 radical (unpaired) electrons. The van der Waals surface area contributed by atoms with Crippen molar-refractivity contribution in [3.8, 4) is 0 Å². The SMILES string of the molecule is O=C(Cc1cccs1)N[C@@H]1C[C@@H]2C(=O)Nc3ccc(C=CC(=O)N4CCOCC4)cc3C(=O)N2C1. The molecular weight excluding hydrogens is 468 g/mol. The highest BCUT2D eigenvalue weighted by Gasteiger charge is 2.43. The maximum absolute atomic E-state index is 13.4. The molecule has 0 spiro atoms. The molecule has 2 N–H and O–H groups in total. The van der Waals surface area contributed by atoms with Gasteiger partial charge < -0.3 is 25.2 Å². The van der Waals surface area contributed by atoms with Gasteiger partial charge in [0.15, 0.2) is 0 Å². The number of carbonyl (C=O) groups is 4. The molecule has 0 unspecified atom stereocenters. The van der Waals surface area contributed by atoms with Crippen LogP contribution < -0.4 is 10.6 Å². The van der Waals surface area contributed by atoms with Crippen molar-refractivity contribution < 1.29 is 23.9 Å². The molecule has 35 heavy (non-hydrogen) atoms. The van der Waals surface area contributed by atoms with Gasteiger partial charge in [-0.1, -0.05) is 12.1 Å². The van der Waals surface area contributed by atoms with Crippen LogP contribution in [0.15, 0.2) is 41.8 Å². The number of fused-ring (bicyclic) bond motifs is 2. The van der Waals surface area contributed by atoms with E-state index in [1.807, 2.05) is 17.5 Å². The molecule has 2 aromatic rings. The smallest absolute Gasteiger partial charge is 0.256 e. The standard InChI is InChI=1S/C25H26N4O5S/c30-22(14-18-2-1-11-35-18)26-17-13-21-24(32)27-20-5-3-16(12-19(20)25(33)29(21)15-17)4-6-23(31)28-7-9-34-10-8-28/h1-6,11-12,17,21H,7-10,13-15H2,(H,26,30)(H,27,32)/t17-,21-/m1/s1. The molecule has 2 saturated heterocycles. The van der Waals surface area contributed by atoms with E-state index in [0.29, 0.717) is 49.5 Å². The number of nitrogens with zero attached hydrogens (tertiary/aromatic N) is 2. The number of morpholine rings is 1. The zero-order valence-electron chi connectivity index (χ0n) is 19.1. The first kappa shape index (κ1) is 23.3. The van der Waals surface area contributed by atoms with Crippen molar-refractivity contribution >= 4 is 46.7 Å². The van der Waals surface area contributed by atoms with Crippen molar-refractivity contribution in [2.24, 2.45) is 0 Å². The van der Waals surface area contributed by atoms with Gasteiger partial charge in [-0.05, 0) is 41.6 Å². The van der Waals surface area contributed by atoms with E-state index in [2.05, 4.69) is 10.6 Å². The Bertz CT molecular complexity index is 1170. The lowest BCUT2D eigenvalue weighted by Gasteiger charge is -2.25. The number of amides is 4. The van der Waals surface area contributed by atoms with Gasteiger partial charge in [0.2, 0.25) is 17.7 Å². The lowest BCUT2D eigenvalue weighted by molar-refractivity contribution is -0.130. The monoisotopic (exact) mass is 494 g/mol. The van der Waals surface area contributed by atoms with Gasteiger partial charge in [0.1, 0.15) is 6.04 Å². The molecule has 5 rings (SSSR count). The molecule has 1 aromatic heterocycles. The van der Waals surface area contributed by atoms with E-state index in [9.17, 15) is 19.2 Å². The minimum absolute atomic E-state index is 0.108. The van der Waals surface area contributed by atoms with Gasteiger partial charge in [0.05, 0.1) is 30.9 Å². The Kier molecular flexibility index (Phi) is 6.65. The fourth-order valence-corrected chi connectivity index (χ4v) is 5.35. The summed E-state index contributed by atoms with van der Waals surface area (Å²) < 4.78 is 5.28. The molecule has 4 amide bonds. The summed E-state index contributed by atoms with van der Waals surface area (Å²) >= 11 is 1.52. The Hall–Kier alpha value is -3.50. The van der Waals surface area contributed by atoms with Gasteiger partial charge >= 0.3 is 0 Å². The molecule has 10 heteroatoms. The number of thiophene rings is 1. The highest BCUT2D eigenvalue weighted by Crippen LogP contribution is 2.30. The van der Waals surface area contributed by atoms with Crippen molar-refractivity contribution in [2.45, 2.75) is 24.9 Å². The van der Waals surface area contributed by atoms with Crippen molar-refractivity contribution in [1.82, 2.24) is 15.1 Å². The summed E-state index contributed by atoms with van der Waals surface area (Å²) in [5.41, 5.74) is 1.50. The van der Waals surface area contributed by atoms with E-state index in [1.54, 1.807) is 29.2 Å². The van der Waals surface area contributed by atoms with Crippen LogP contribution >= 0.6 is 11.3 Å². The van der Waals surface area contributed by atoms with Crippen LogP contribution in [0.2, 0.25) is 0 Å². The van der Waals surface area contributed by atoms with Gasteiger partial charge in [-0.15, -0.1) is 11.3 Å². The first-order chi connectivity index (χ1) is 17.0. The van der Waals surface area contributed by atoms with Crippen LogP contribution in [0.4, 0.5) is 5.69 Å². The summed E-state index contributed by atoms with van der Waals surface area (Å²) in [7, 11) is 0. The van der Waals surface area contributed by atoms with Crippen LogP contribution in [-0.4, -0.2) is 78.4 Å². The van der Waals surface area contributed by atoms with Crippen LogP contribution in [0.1, 0.15) is 27.2 Å². The first-order valence-electron chi connectivity index (χ1n) is 11.6. The van der Waals surface area contributed by atoms with Gasteiger partial charge in [0.25, 0.3) is 5.91 Å². The number of nitrogens with one attached hydrogen (secondary N) is 2. The van der Waals surface area contributed by atoms with Crippen LogP contribution in [0.5, 0.6) is 0 Å². The van der Waals surface area contributed by atoms with Crippen molar-refractivity contribution in [1.29, 1.82) is 0 Å². The minimum atomic E-state index is -0.649. The maximum Gasteiger partial charge on any atom is 0.256 e. The lowest BCUT2D eigenvalue weighted by Crippen LogP contribution is -2.41. The largest absolute Gasteiger partial charge is 0.378 e. The predicted molar refractivity (Wildman–Crippen MR) is 131 cm³/mol. The Morgan fingerprint density at radius 2 is 2.03 bits per heavy atom. The van der Waals surface area contributed by atoms with E-state index in [-0.39, 0.29) is 42.6 Å². The number of benzene rings is 1. The Balaban J connectivity index is 1.28. The summed E-state index contributed by atoms with van der Waals surface area (Å²) in [4.78, 5) is 55.3. The molecule has 3 aliphatic rings. The molecule has 182 valence electrons. The quantitative estimate of drug-likeness (QED) is 0.613. The number of hydrogen-bond donors (Lipinski definition) is 2. The average molecular weight is 495 g/mol. The van der Waals surface area contributed by atoms with Gasteiger partial charge in [-0.3, -0.25) is 19.2 Å². The molecule has 0 aliphatic carbocycles. The molecule has 9 nitrogen and oxygen atoms in total. The van der Waals surface area contributed by atoms with Gasteiger partial charge in [0, 0.05) is 36.6 Å². The number of rotatable bonds is 5.